The quantitative estimate of drug-likeness (QED) is 0.0510. The van der Waals surface area contributed by atoms with E-state index in [2.05, 4.69) is 42.7 Å². The number of hydrogen-bond donors (Lipinski definition) is 5. The number of carbonyl (C=O) groups is 5. The van der Waals surface area contributed by atoms with Crippen LogP contribution in [0.1, 0.15) is 53.6 Å². The van der Waals surface area contributed by atoms with Gasteiger partial charge in [-0.15, -0.1) is 0 Å². The smallest absolute Gasteiger partial charge is 0.255 e. The Morgan fingerprint density at radius 1 is 0.955 bits per heavy atom. The van der Waals surface area contributed by atoms with E-state index in [1.54, 1.807) is 18.2 Å². The lowest BCUT2D eigenvalue weighted by atomic mass is 10.0. The maximum atomic E-state index is 12.4. The highest BCUT2D eigenvalue weighted by Gasteiger charge is 2.39. The highest BCUT2D eigenvalue weighted by molar-refractivity contribution is 6.31. The van der Waals surface area contributed by atoms with Crippen LogP contribution in [0.5, 0.6) is 17.2 Å². The van der Waals surface area contributed by atoms with Gasteiger partial charge in [0.25, 0.3) is 11.8 Å². The fourth-order valence-electron chi connectivity index (χ4n) is 7.64. The van der Waals surface area contributed by atoms with Crippen molar-refractivity contribution in [1.29, 1.82) is 0 Å². The molecular formula is C48H49ClN10O7. The number of imide groups is 1. The van der Waals surface area contributed by atoms with Gasteiger partial charge < -0.3 is 35.6 Å². The third-order valence-electron chi connectivity index (χ3n) is 11.0. The minimum atomic E-state index is -0.603. The molecule has 1 atom stereocenters. The zero-order chi connectivity index (χ0) is 46.6. The number of aromatic nitrogens is 4. The standard InChI is InChI=1S/C17H13N5O.C16H21ClN2O2.C15H15N3O4/c18-16-14-15(21-22-17(14)20-10-19-16)11-6-8-13(9-7-11)23-12-4-2-1-3-5-12;1-12(16(20)19-6-4-3-5-7-19)11-21-15-9-13(17)8-14(10-15)18-2;19-8-16-6-9-1-2-11-10(5-9)7-18(15(11)22)12-3-4-13(20)17-14(12)21/h1-10H,(H3,18,19,20,21,22);8-10,18H,1,3-7,11H2,2H3;1-2,5,8,12H,3-4,6-7H2,(H,16,19)(H,17,20,21). The largest absolute Gasteiger partial charge is 0.489 e. The van der Waals surface area contributed by atoms with Gasteiger partial charge in [0.15, 0.2) is 5.65 Å². The van der Waals surface area contributed by atoms with E-state index in [0.717, 1.165) is 70.9 Å². The summed E-state index contributed by atoms with van der Waals surface area (Å²) in [4.78, 5) is 69.6. The molecule has 5 amide bonds. The van der Waals surface area contributed by atoms with Crippen molar-refractivity contribution >= 4 is 64.2 Å². The summed E-state index contributed by atoms with van der Waals surface area (Å²) in [5.41, 5.74) is 11.9. The molecule has 0 aliphatic carbocycles. The molecule has 2 fully saturated rings. The summed E-state index contributed by atoms with van der Waals surface area (Å²) in [5.74, 6) is 1.67. The number of likely N-dealkylation sites (tertiary alicyclic amines) is 1. The van der Waals surface area contributed by atoms with Crippen LogP contribution >= 0.6 is 11.6 Å². The second-order valence-electron chi connectivity index (χ2n) is 15.6. The number of anilines is 2. The molecule has 0 spiro atoms. The number of carbonyl (C=O) groups excluding carboxylic acids is 5. The number of fused-ring (bicyclic) bond motifs is 2. The fourth-order valence-corrected chi connectivity index (χ4v) is 7.87. The average Bonchev–Trinajstić information content (AvgIpc) is 3.92. The highest BCUT2D eigenvalue weighted by atomic mass is 35.5. The maximum Gasteiger partial charge on any atom is 0.255 e. The van der Waals surface area contributed by atoms with Gasteiger partial charge in [0.05, 0.1) is 11.1 Å². The van der Waals surface area contributed by atoms with Crippen molar-refractivity contribution < 1.29 is 33.4 Å². The number of aromatic amines is 1. The lowest BCUT2D eigenvalue weighted by Gasteiger charge is -2.29. The molecule has 0 saturated carbocycles. The van der Waals surface area contributed by atoms with Crippen LogP contribution in [0.15, 0.2) is 109 Å². The Kier molecular flexibility index (Phi) is 15.2. The zero-order valence-electron chi connectivity index (χ0n) is 36.2. The fraction of sp³-hybridized carbons (Fsp3) is 0.250. The summed E-state index contributed by atoms with van der Waals surface area (Å²) >= 11 is 6.01. The number of hydrogen-bond acceptors (Lipinski definition) is 12. The third-order valence-corrected chi connectivity index (χ3v) is 11.2. The van der Waals surface area contributed by atoms with E-state index in [9.17, 15) is 24.0 Å². The van der Waals surface area contributed by atoms with Gasteiger partial charge in [0, 0.05) is 73.1 Å². The second kappa shape index (κ2) is 21.7. The number of halogens is 1. The Balaban J connectivity index is 0.000000148. The molecule has 6 N–H and O–H groups in total. The molecule has 340 valence electrons. The molecule has 0 radical (unpaired) electrons. The molecule has 5 heterocycles. The molecule has 6 aromatic rings. The summed E-state index contributed by atoms with van der Waals surface area (Å²) in [5, 5.41) is 16.3. The molecule has 0 bridgehead atoms. The van der Waals surface area contributed by atoms with Crippen molar-refractivity contribution in [3.8, 4) is 28.5 Å². The van der Waals surface area contributed by atoms with E-state index in [4.69, 9.17) is 26.8 Å². The van der Waals surface area contributed by atoms with Crippen molar-refractivity contribution in [3.05, 3.63) is 131 Å². The number of nitrogens with zero attached hydrogens (tertiary/aromatic N) is 5. The number of benzene rings is 4. The summed E-state index contributed by atoms with van der Waals surface area (Å²) in [6.07, 6.45) is 5.95. The van der Waals surface area contributed by atoms with E-state index in [1.807, 2.05) is 84.7 Å². The Labute approximate surface area is 385 Å². The number of nitrogen functional groups attached to an aromatic ring is 1. The topological polar surface area (TPSA) is 227 Å². The molecule has 17 nitrogen and oxygen atoms in total. The molecule has 2 aromatic heterocycles. The van der Waals surface area contributed by atoms with E-state index >= 15 is 0 Å². The van der Waals surface area contributed by atoms with Crippen LogP contribution in [0.4, 0.5) is 11.5 Å². The van der Waals surface area contributed by atoms with E-state index in [-0.39, 0.29) is 30.7 Å². The van der Waals surface area contributed by atoms with Gasteiger partial charge in [-0.05, 0) is 91.4 Å². The Hall–Kier alpha value is -7.79. The number of H-pyrrole nitrogens is 1. The molecule has 2 saturated heterocycles. The number of rotatable bonds is 12. The van der Waals surface area contributed by atoms with Crippen molar-refractivity contribution in [3.63, 3.8) is 0 Å². The summed E-state index contributed by atoms with van der Waals surface area (Å²) in [7, 11) is 1.81. The first kappa shape index (κ1) is 46.2. The Morgan fingerprint density at radius 3 is 2.44 bits per heavy atom. The summed E-state index contributed by atoms with van der Waals surface area (Å²) in [6, 6.07) is 27.4. The zero-order valence-corrected chi connectivity index (χ0v) is 37.0. The van der Waals surface area contributed by atoms with Gasteiger partial charge in [-0.3, -0.25) is 34.4 Å². The first-order chi connectivity index (χ1) is 32.0. The SMILES string of the molecule is C=C(COc1cc(Cl)cc(NC)c1)C(=O)N1CCCCC1.Nc1ncnc2n[nH]c(-c3ccc(Oc4ccccc4)cc3)c12.O=CNCc1ccc2c(c1)CN(C1CCC(=O)NC1=O)C2=O. The molecule has 3 aliphatic heterocycles. The van der Waals surface area contributed by atoms with Crippen molar-refractivity contribution in [1.82, 2.24) is 40.6 Å². The highest BCUT2D eigenvalue weighted by Crippen LogP contribution is 2.31. The number of piperidine rings is 2. The first-order valence-electron chi connectivity index (χ1n) is 21.3. The minimum absolute atomic E-state index is 0.00873. The summed E-state index contributed by atoms with van der Waals surface area (Å²) in [6.45, 7) is 6.40. The van der Waals surface area contributed by atoms with Gasteiger partial charge in [-0.25, -0.2) is 9.97 Å². The van der Waals surface area contributed by atoms with Gasteiger partial charge in [-0.1, -0.05) is 48.5 Å². The average molecular weight is 913 g/mol. The monoisotopic (exact) mass is 912 g/mol. The Bertz CT molecular complexity index is 2720. The van der Waals surface area contributed by atoms with E-state index in [1.165, 1.54) is 17.6 Å². The van der Waals surface area contributed by atoms with Crippen LogP contribution in [-0.2, 0) is 32.3 Å². The number of nitrogens with two attached hydrogens (primary N) is 1. The third kappa shape index (κ3) is 11.5. The van der Waals surface area contributed by atoms with Crippen LogP contribution in [0.2, 0.25) is 5.02 Å². The predicted molar refractivity (Wildman–Crippen MR) is 250 cm³/mol. The number of nitrogens with one attached hydrogen (secondary N) is 4. The van der Waals surface area contributed by atoms with E-state index < -0.39 is 11.9 Å². The first-order valence-corrected chi connectivity index (χ1v) is 21.7. The number of amides is 5. The molecule has 18 heteroatoms. The minimum Gasteiger partial charge on any atom is -0.489 e. The molecule has 1 unspecified atom stereocenters. The molecule has 66 heavy (non-hydrogen) atoms. The Morgan fingerprint density at radius 2 is 1.71 bits per heavy atom. The lowest BCUT2D eigenvalue weighted by molar-refractivity contribution is -0.137. The lowest BCUT2D eigenvalue weighted by Crippen LogP contribution is -2.52. The van der Waals surface area contributed by atoms with Gasteiger partial charge >= 0.3 is 0 Å². The normalized spacial score (nSPS) is 15.3. The number of para-hydroxylation sites is 1. The van der Waals surface area contributed by atoms with Crippen molar-refractivity contribution in [2.24, 2.45) is 0 Å². The molecule has 4 aromatic carbocycles. The van der Waals surface area contributed by atoms with Crippen LogP contribution in [0.3, 0.4) is 0 Å². The van der Waals surface area contributed by atoms with Crippen LogP contribution in [-0.4, -0.2) is 92.8 Å². The second-order valence-corrected chi connectivity index (χ2v) is 16.0. The summed E-state index contributed by atoms with van der Waals surface area (Å²) < 4.78 is 11.4. The van der Waals surface area contributed by atoms with Crippen molar-refractivity contribution in [2.45, 2.75) is 51.2 Å². The molecule has 3 aliphatic rings. The van der Waals surface area contributed by atoms with Gasteiger partial charge in [-0.2, -0.15) is 5.10 Å². The van der Waals surface area contributed by atoms with Gasteiger partial charge in [0.1, 0.15) is 42.0 Å². The van der Waals surface area contributed by atoms with Crippen LogP contribution in [0, 0.1) is 0 Å². The van der Waals surface area contributed by atoms with Crippen LogP contribution < -0.4 is 31.2 Å². The predicted octanol–water partition coefficient (Wildman–Crippen LogP) is 6.42. The van der Waals surface area contributed by atoms with Crippen LogP contribution in [0.25, 0.3) is 22.3 Å². The molecule has 9 rings (SSSR count). The number of ether oxygens (including phenoxy) is 2. The van der Waals surface area contributed by atoms with Crippen molar-refractivity contribution in [2.75, 3.05) is 37.8 Å². The maximum absolute atomic E-state index is 12.4. The van der Waals surface area contributed by atoms with E-state index in [0.29, 0.717) is 59.3 Å². The molecular weight excluding hydrogens is 864 g/mol. The van der Waals surface area contributed by atoms with Gasteiger partial charge in [0.2, 0.25) is 18.2 Å².